The minimum atomic E-state index is -0.235. The maximum atomic E-state index is 14.3. The van der Waals surface area contributed by atoms with Crippen LogP contribution in [0.4, 0.5) is 10.1 Å². The van der Waals surface area contributed by atoms with Gasteiger partial charge in [0.25, 0.3) is 0 Å². The normalized spacial score (nSPS) is 11.0. The monoisotopic (exact) mass is 391 g/mol. The van der Waals surface area contributed by atoms with Crippen LogP contribution in [0.3, 0.4) is 0 Å². The fourth-order valence-electron chi connectivity index (χ4n) is 2.95. The summed E-state index contributed by atoms with van der Waals surface area (Å²) in [5.41, 5.74) is 3.51. The summed E-state index contributed by atoms with van der Waals surface area (Å²) in [6.45, 7) is 5.25. The van der Waals surface area contributed by atoms with Gasteiger partial charge < -0.3 is 14.6 Å². The van der Waals surface area contributed by atoms with Crippen LogP contribution < -0.4 is 10.1 Å². The Balaban J connectivity index is 1.84. The molecule has 0 atom stereocenters. The number of benzene rings is 1. The van der Waals surface area contributed by atoms with Crippen molar-refractivity contribution in [2.24, 2.45) is 0 Å². The molecule has 0 saturated heterocycles. The molecule has 0 radical (unpaired) electrons. The third kappa shape index (κ3) is 3.24. The Morgan fingerprint density at radius 2 is 2.04 bits per heavy atom. The maximum absolute atomic E-state index is 14.3. The molecule has 0 aliphatic heterocycles. The molecular formula is C18H19BrFN3O. The van der Waals surface area contributed by atoms with Crippen molar-refractivity contribution < 1.29 is 9.13 Å². The van der Waals surface area contributed by atoms with Crippen molar-refractivity contribution in [2.75, 3.05) is 19.0 Å². The van der Waals surface area contributed by atoms with E-state index in [0.717, 1.165) is 27.1 Å². The summed E-state index contributed by atoms with van der Waals surface area (Å²) < 4.78 is 22.4. The quantitative estimate of drug-likeness (QED) is 0.642. The first-order chi connectivity index (χ1) is 11.5. The second kappa shape index (κ2) is 6.81. The molecule has 126 valence electrons. The van der Waals surface area contributed by atoms with E-state index >= 15 is 0 Å². The molecule has 0 amide bonds. The number of aryl methyl sites for hydroxylation is 2. The Hall–Kier alpha value is -2.08. The van der Waals surface area contributed by atoms with Crippen LogP contribution in [-0.4, -0.2) is 23.2 Å². The molecule has 24 heavy (non-hydrogen) atoms. The zero-order chi connectivity index (χ0) is 17.3. The Morgan fingerprint density at radius 1 is 1.25 bits per heavy atom. The Kier molecular flexibility index (Phi) is 4.76. The van der Waals surface area contributed by atoms with Crippen LogP contribution in [0.5, 0.6) is 5.75 Å². The molecule has 0 spiro atoms. The highest BCUT2D eigenvalue weighted by molar-refractivity contribution is 9.10. The minimum Gasteiger partial charge on any atom is -0.496 e. The van der Waals surface area contributed by atoms with Crippen molar-refractivity contribution in [1.82, 2.24) is 9.55 Å². The third-order valence-corrected chi connectivity index (χ3v) is 4.39. The minimum absolute atomic E-state index is 0.235. The SMILES string of the molecule is COc1ccc(F)c2c1cc(C)n2CCNc1cc(C)nc(Br)c1. The first-order valence-electron chi connectivity index (χ1n) is 7.70. The van der Waals surface area contributed by atoms with Gasteiger partial charge in [0.05, 0.1) is 12.6 Å². The van der Waals surface area contributed by atoms with Crippen LogP contribution in [0.2, 0.25) is 0 Å². The number of fused-ring (bicyclic) bond motifs is 1. The summed E-state index contributed by atoms with van der Waals surface area (Å²) in [6, 6.07) is 8.99. The lowest BCUT2D eigenvalue weighted by molar-refractivity contribution is 0.419. The van der Waals surface area contributed by atoms with Crippen molar-refractivity contribution in [3.05, 3.63) is 52.1 Å². The van der Waals surface area contributed by atoms with Crippen LogP contribution in [-0.2, 0) is 6.54 Å². The lowest BCUT2D eigenvalue weighted by Crippen LogP contribution is -2.12. The van der Waals surface area contributed by atoms with Crippen molar-refractivity contribution in [3.63, 3.8) is 0 Å². The van der Waals surface area contributed by atoms with E-state index in [0.29, 0.717) is 24.4 Å². The number of ether oxygens (including phenoxy) is 1. The number of hydrogen-bond donors (Lipinski definition) is 1. The predicted molar refractivity (Wildman–Crippen MR) is 98.3 cm³/mol. The molecular weight excluding hydrogens is 373 g/mol. The first kappa shape index (κ1) is 16.8. The standard InChI is InChI=1S/C18H19BrFN3O/c1-11-8-13(10-17(19)22-11)21-6-7-23-12(2)9-14-16(24-3)5-4-15(20)18(14)23/h4-5,8-10H,6-7H2,1-3H3,(H,21,22). The molecule has 0 aliphatic carbocycles. The molecule has 6 heteroatoms. The Bertz CT molecular complexity index is 871. The van der Waals surface area contributed by atoms with Gasteiger partial charge in [0.2, 0.25) is 0 Å². The van der Waals surface area contributed by atoms with Gasteiger partial charge in [0.1, 0.15) is 16.2 Å². The van der Waals surface area contributed by atoms with E-state index < -0.39 is 0 Å². The molecule has 0 bridgehead atoms. The molecule has 0 unspecified atom stereocenters. The number of hydrogen-bond acceptors (Lipinski definition) is 3. The van der Waals surface area contributed by atoms with E-state index in [4.69, 9.17) is 4.74 Å². The number of anilines is 1. The second-order valence-electron chi connectivity index (χ2n) is 5.70. The smallest absolute Gasteiger partial charge is 0.147 e. The highest BCUT2D eigenvalue weighted by Crippen LogP contribution is 2.30. The van der Waals surface area contributed by atoms with Gasteiger partial charge in [0.15, 0.2) is 0 Å². The summed E-state index contributed by atoms with van der Waals surface area (Å²) >= 11 is 3.39. The first-order valence-corrected chi connectivity index (χ1v) is 8.49. The van der Waals surface area contributed by atoms with Crippen molar-refractivity contribution in [1.29, 1.82) is 0 Å². The van der Waals surface area contributed by atoms with Crippen molar-refractivity contribution >= 4 is 32.5 Å². The molecule has 3 rings (SSSR count). The zero-order valence-corrected chi connectivity index (χ0v) is 15.4. The summed E-state index contributed by atoms with van der Waals surface area (Å²) in [5, 5.41) is 4.16. The lowest BCUT2D eigenvalue weighted by atomic mass is 10.2. The maximum Gasteiger partial charge on any atom is 0.147 e. The molecule has 2 aromatic heterocycles. The molecule has 1 N–H and O–H groups in total. The number of nitrogens with zero attached hydrogens (tertiary/aromatic N) is 2. The topological polar surface area (TPSA) is 39.1 Å². The van der Waals surface area contributed by atoms with E-state index in [1.54, 1.807) is 13.2 Å². The fourth-order valence-corrected chi connectivity index (χ4v) is 3.47. The lowest BCUT2D eigenvalue weighted by Gasteiger charge is -2.12. The van der Waals surface area contributed by atoms with E-state index in [2.05, 4.69) is 26.2 Å². The largest absolute Gasteiger partial charge is 0.496 e. The van der Waals surface area contributed by atoms with Gasteiger partial charge in [-0.1, -0.05) is 0 Å². The number of halogens is 2. The summed E-state index contributed by atoms with van der Waals surface area (Å²) in [6.07, 6.45) is 0. The number of methoxy groups -OCH3 is 1. The van der Waals surface area contributed by atoms with Gasteiger partial charge in [-0.2, -0.15) is 0 Å². The van der Waals surface area contributed by atoms with Gasteiger partial charge in [-0.3, -0.25) is 0 Å². The molecule has 0 aliphatic rings. The average Bonchev–Trinajstić information content (AvgIpc) is 2.84. The highest BCUT2D eigenvalue weighted by atomic mass is 79.9. The Morgan fingerprint density at radius 3 is 2.75 bits per heavy atom. The summed E-state index contributed by atoms with van der Waals surface area (Å²) in [4.78, 5) is 4.29. The van der Waals surface area contributed by atoms with Crippen molar-refractivity contribution in [2.45, 2.75) is 20.4 Å². The molecule has 0 saturated carbocycles. The van der Waals surface area contributed by atoms with Gasteiger partial charge in [-0.05, 0) is 60.1 Å². The number of pyridine rings is 1. The number of rotatable bonds is 5. The van der Waals surface area contributed by atoms with Crippen LogP contribution in [0.15, 0.2) is 34.9 Å². The second-order valence-corrected chi connectivity index (χ2v) is 6.51. The van der Waals surface area contributed by atoms with Crippen LogP contribution in [0, 0.1) is 19.7 Å². The zero-order valence-electron chi connectivity index (χ0n) is 13.9. The van der Waals surface area contributed by atoms with Crippen LogP contribution >= 0.6 is 15.9 Å². The van der Waals surface area contributed by atoms with E-state index in [1.807, 2.05) is 36.6 Å². The van der Waals surface area contributed by atoms with Gasteiger partial charge >= 0.3 is 0 Å². The fraction of sp³-hybridized carbons (Fsp3) is 0.278. The van der Waals surface area contributed by atoms with E-state index in [-0.39, 0.29) is 5.82 Å². The number of aromatic nitrogens is 2. The number of nitrogens with one attached hydrogen (secondary N) is 1. The molecule has 2 heterocycles. The Labute approximate surface area is 148 Å². The third-order valence-electron chi connectivity index (χ3n) is 3.98. The molecule has 3 aromatic rings. The molecule has 4 nitrogen and oxygen atoms in total. The summed E-state index contributed by atoms with van der Waals surface area (Å²) in [5.74, 6) is 0.455. The van der Waals surface area contributed by atoms with Gasteiger partial charge in [-0.25, -0.2) is 9.37 Å². The highest BCUT2D eigenvalue weighted by Gasteiger charge is 2.14. The van der Waals surface area contributed by atoms with Crippen LogP contribution in [0.25, 0.3) is 10.9 Å². The molecule has 0 fully saturated rings. The van der Waals surface area contributed by atoms with E-state index in [1.165, 1.54) is 6.07 Å². The van der Waals surface area contributed by atoms with Gasteiger partial charge in [-0.15, -0.1) is 0 Å². The van der Waals surface area contributed by atoms with Crippen molar-refractivity contribution in [3.8, 4) is 5.75 Å². The average molecular weight is 392 g/mol. The summed E-state index contributed by atoms with van der Waals surface area (Å²) in [7, 11) is 1.60. The predicted octanol–water partition coefficient (Wildman–Crippen LogP) is 4.68. The van der Waals surface area contributed by atoms with Crippen LogP contribution in [0.1, 0.15) is 11.4 Å². The van der Waals surface area contributed by atoms with E-state index in [9.17, 15) is 4.39 Å². The molecule has 1 aromatic carbocycles. The van der Waals surface area contributed by atoms with Gasteiger partial charge in [0, 0.05) is 35.6 Å².